The van der Waals surface area contributed by atoms with Gasteiger partial charge in [0.15, 0.2) is 16.4 Å². The fourth-order valence-corrected chi connectivity index (χ4v) is 6.28. The SMILES string of the molecule is CCc1cnc(C=Cc2ccccc2C(=O)Nc2cc(CCCS(=O)(=O)c3ccc(Cl)cc3)ccc2OCC(=O)O)s1. The molecule has 0 aliphatic heterocycles. The molecular formula is C31H29ClN2O6S2. The average Bonchev–Trinajstić information content (AvgIpc) is 3.44. The smallest absolute Gasteiger partial charge is 0.341 e. The van der Waals surface area contributed by atoms with Crippen molar-refractivity contribution in [1.82, 2.24) is 4.98 Å². The maximum atomic E-state index is 13.4. The zero-order chi connectivity index (χ0) is 30.1. The van der Waals surface area contributed by atoms with Crippen LogP contribution in [0.1, 0.15) is 44.7 Å². The Hall–Kier alpha value is -3.99. The summed E-state index contributed by atoms with van der Waals surface area (Å²) in [5.74, 6) is -1.46. The van der Waals surface area contributed by atoms with Gasteiger partial charge in [0, 0.05) is 21.7 Å². The average molecular weight is 625 g/mol. The molecule has 8 nitrogen and oxygen atoms in total. The van der Waals surface area contributed by atoms with Crippen LogP contribution in [-0.4, -0.2) is 42.7 Å². The third-order valence-electron chi connectivity index (χ3n) is 6.23. The van der Waals surface area contributed by atoms with Gasteiger partial charge in [-0.25, -0.2) is 18.2 Å². The zero-order valence-corrected chi connectivity index (χ0v) is 25.1. The molecule has 3 aromatic carbocycles. The number of rotatable bonds is 13. The maximum absolute atomic E-state index is 13.4. The standard InChI is InChI=1S/C31H29ClN2O6S2/c1-2-24-19-33-29(41-24)16-10-22-7-3-4-8-26(22)31(37)34-27-18-21(9-15-28(27)40-20-30(35)36)6-5-17-42(38,39)25-13-11-23(32)12-14-25/h3-4,7-16,18-19H,2,5-6,17,20H2,1H3,(H,34,37)(H,35,36). The summed E-state index contributed by atoms with van der Waals surface area (Å²) in [4.78, 5) is 30.3. The first kappa shape index (κ1) is 31.0. The molecule has 0 saturated heterocycles. The Morgan fingerprint density at radius 1 is 1.07 bits per heavy atom. The van der Waals surface area contributed by atoms with Crippen molar-refractivity contribution in [3.63, 3.8) is 0 Å². The minimum Gasteiger partial charge on any atom is -0.480 e. The fraction of sp³-hybridized carbons (Fsp3) is 0.194. The monoisotopic (exact) mass is 624 g/mol. The van der Waals surface area contributed by atoms with E-state index in [9.17, 15) is 18.0 Å². The summed E-state index contributed by atoms with van der Waals surface area (Å²) < 4.78 is 30.9. The van der Waals surface area contributed by atoms with Crippen LogP contribution in [0, 0.1) is 0 Å². The van der Waals surface area contributed by atoms with Crippen LogP contribution in [0.3, 0.4) is 0 Å². The molecule has 1 amide bonds. The molecule has 42 heavy (non-hydrogen) atoms. The number of hydrogen-bond acceptors (Lipinski definition) is 7. The highest BCUT2D eigenvalue weighted by Gasteiger charge is 2.17. The number of nitrogens with one attached hydrogen (secondary N) is 1. The van der Waals surface area contributed by atoms with Gasteiger partial charge in [-0.05, 0) is 78.9 Å². The summed E-state index contributed by atoms with van der Waals surface area (Å²) in [6.45, 7) is 1.47. The Labute approximate surface area is 253 Å². The summed E-state index contributed by atoms with van der Waals surface area (Å²) in [5, 5.41) is 13.2. The third-order valence-corrected chi connectivity index (χ3v) is 9.40. The number of aliphatic carboxylic acids is 1. The van der Waals surface area contributed by atoms with Crippen molar-refractivity contribution < 1.29 is 27.9 Å². The second-order valence-electron chi connectivity index (χ2n) is 9.28. The van der Waals surface area contributed by atoms with Gasteiger partial charge in [0.25, 0.3) is 5.91 Å². The molecule has 1 heterocycles. The number of carboxylic acids is 1. The van der Waals surface area contributed by atoms with Gasteiger partial charge in [0.05, 0.1) is 16.3 Å². The van der Waals surface area contributed by atoms with E-state index in [-0.39, 0.29) is 22.1 Å². The Balaban J connectivity index is 1.51. The quantitative estimate of drug-likeness (QED) is 0.171. The van der Waals surface area contributed by atoms with Gasteiger partial charge < -0.3 is 15.2 Å². The van der Waals surface area contributed by atoms with Crippen LogP contribution in [0.25, 0.3) is 12.2 Å². The van der Waals surface area contributed by atoms with Crippen LogP contribution in [0.2, 0.25) is 5.02 Å². The number of hydrogen-bond donors (Lipinski definition) is 2. The number of carbonyl (C=O) groups excluding carboxylic acids is 1. The van der Waals surface area contributed by atoms with Crippen LogP contribution in [-0.2, 0) is 27.5 Å². The number of amides is 1. The van der Waals surface area contributed by atoms with Crippen molar-refractivity contribution in [2.75, 3.05) is 17.7 Å². The van der Waals surface area contributed by atoms with E-state index in [4.69, 9.17) is 21.4 Å². The molecule has 4 aromatic rings. The summed E-state index contributed by atoms with van der Waals surface area (Å²) in [7, 11) is -3.50. The van der Waals surface area contributed by atoms with E-state index in [1.54, 1.807) is 41.7 Å². The summed E-state index contributed by atoms with van der Waals surface area (Å²) >= 11 is 7.45. The van der Waals surface area contributed by atoms with E-state index < -0.39 is 28.3 Å². The number of carbonyl (C=O) groups is 2. The molecule has 1 aromatic heterocycles. The van der Waals surface area contributed by atoms with Gasteiger partial charge in [0.2, 0.25) is 0 Å². The molecule has 0 atom stereocenters. The van der Waals surface area contributed by atoms with Crippen molar-refractivity contribution in [2.45, 2.75) is 31.1 Å². The normalized spacial score (nSPS) is 11.5. The second kappa shape index (κ2) is 14.3. The molecule has 11 heteroatoms. The van der Waals surface area contributed by atoms with Crippen LogP contribution >= 0.6 is 22.9 Å². The Morgan fingerprint density at radius 2 is 1.83 bits per heavy atom. The maximum Gasteiger partial charge on any atom is 0.341 e. The van der Waals surface area contributed by atoms with Crippen molar-refractivity contribution in [1.29, 1.82) is 0 Å². The van der Waals surface area contributed by atoms with Gasteiger partial charge in [-0.15, -0.1) is 11.3 Å². The summed E-state index contributed by atoms with van der Waals surface area (Å²) in [6.07, 6.45) is 7.15. The predicted molar refractivity (Wildman–Crippen MR) is 166 cm³/mol. The number of halogens is 1. The van der Waals surface area contributed by atoms with E-state index in [1.807, 2.05) is 30.5 Å². The lowest BCUT2D eigenvalue weighted by Crippen LogP contribution is -2.16. The first-order valence-corrected chi connectivity index (χ1v) is 16.0. The third kappa shape index (κ3) is 8.51. The highest BCUT2D eigenvalue weighted by molar-refractivity contribution is 7.91. The molecule has 2 N–H and O–H groups in total. The molecule has 0 bridgehead atoms. The lowest BCUT2D eigenvalue weighted by molar-refractivity contribution is -0.139. The van der Waals surface area contributed by atoms with Crippen LogP contribution in [0.4, 0.5) is 5.69 Å². The lowest BCUT2D eigenvalue weighted by Gasteiger charge is -2.14. The van der Waals surface area contributed by atoms with E-state index in [1.165, 1.54) is 24.3 Å². The number of benzene rings is 3. The highest BCUT2D eigenvalue weighted by atomic mass is 35.5. The van der Waals surface area contributed by atoms with Crippen LogP contribution in [0.15, 0.2) is 77.8 Å². The number of carboxylic acid groups (broad SMARTS) is 1. The van der Waals surface area contributed by atoms with Gasteiger partial charge in [0.1, 0.15) is 10.8 Å². The highest BCUT2D eigenvalue weighted by Crippen LogP contribution is 2.28. The van der Waals surface area contributed by atoms with E-state index in [2.05, 4.69) is 17.2 Å². The van der Waals surface area contributed by atoms with Crippen LogP contribution in [0.5, 0.6) is 5.75 Å². The second-order valence-corrected chi connectivity index (χ2v) is 13.0. The first-order chi connectivity index (χ1) is 20.1. The number of thiazole rings is 1. The van der Waals surface area contributed by atoms with Gasteiger partial charge >= 0.3 is 5.97 Å². The summed E-state index contributed by atoms with van der Waals surface area (Å²) in [6, 6.07) is 18.1. The molecule has 0 saturated carbocycles. The lowest BCUT2D eigenvalue weighted by atomic mass is 10.1. The molecule has 0 aliphatic carbocycles. The topological polar surface area (TPSA) is 123 Å². The van der Waals surface area contributed by atoms with Crippen molar-refractivity contribution >= 4 is 62.5 Å². The zero-order valence-electron chi connectivity index (χ0n) is 22.7. The Kier molecular flexibility index (Phi) is 10.5. The van der Waals surface area contributed by atoms with Gasteiger partial charge in [-0.1, -0.05) is 48.9 Å². The molecule has 0 fully saturated rings. The number of anilines is 1. The van der Waals surface area contributed by atoms with E-state index in [0.29, 0.717) is 29.0 Å². The molecule has 0 radical (unpaired) electrons. The molecule has 0 aliphatic rings. The van der Waals surface area contributed by atoms with Crippen molar-refractivity contribution in [3.8, 4) is 5.75 Å². The largest absolute Gasteiger partial charge is 0.480 e. The Bertz CT molecular complexity index is 1700. The number of aryl methyl sites for hydroxylation is 2. The molecule has 0 unspecified atom stereocenters. The van der Waals surface area contributed by atoms with Gasteiger partial charge in [-0.2, -0.15) is 0 Å². The molecule has 4 rings (SSSR count). The van der Waals surface area contributed by atoms with E-state index >= 15 is 0 Å². The van der Waals surface area contributed by atoms with E-state index in [0.717, 1.165) is 21.9 Å². The molecule has 218 valence electrons. The minimum absolute atomic E-state index is 0.0772. The predicted octanol–water partition coefficient (Wildman–Crippen LogP) is 6.65. The first-order valence-electron chi connectivity index (χ1n) is 13.1. The van der Waals surface area contributed by atoms with Crippen molar-refractivity contribution in [3.05, 3.63) is 105 Å². The fourth-order valence-electron chi connectivity index (χ4n) is 4.08. The van der Waals surface area contributed by atoms with Crippen molar-refractivity contribution in [2.24, 2.45) is 0 Å². The summed E-state index contributed by atoms with van der Waals surface area (Å²) in [5.41, 5.74) is 2.12. The number of aromatic nitrogens is 1. The minimum atomic E-state index is -3.50. The number of sulfone groups is 1. The number of nitrogens with zero attached hydrogens (tertiary/aromatic N) is 1. The molecule has 0 spiro atoms. The van der Waals surface area contributed by atoms with Gasteiger partial charge in [-0.3, -0.25) is 4.79 Å². The van der Waals surface area contributed by atoms with Crippen LogP contribution < -0.4 is 10.1 Å². The molecular weight excluding hydrogens is 596 g/mol. The number of ether oxygens (including phenoxy) is 1. The Morgan fingerprint density at radius 3 is 2.55 bits per heavy atom.